The molecule has 0 radical (unpaired) electrons. The number of para-hydroxylation sites is 3. The van der Waals surface area contributed by atoms with E-state index in [-0.39, 0.29) is 0 Å². The van der Waals surface area contributed by atoms with Crippen molar-refractivity contribution in [3.8, 4) is 22.5 Å². The Morgan fingerprint density at radius 1 is 0.379 bits per heavy atom. The van der Waals surface area contributed by atoms with Crippen molar-refractivity contribution < 1.29 is 4.42 Å². The highest BCUT2D eigenvalue weighted by molar-refractivity contribution is 6.20. The zero-order valence-electron chi connectivity index (χ0n) is 31.5. The van der Waals surface area contributed by atoms with Crippen molar-refractivity contribution >= 4 is 82.5 Å². The van der Waals surface area contributed by atoms with E-state index in [2.05, 4.69) is 214 Å². The van der Waals surface area contributed by atoms with Crippen LogP contribution in [0.15, 0.2) is 217 Å². The molecule has 58 heavy (non-hydrogen) atoms. The van der Waals surface area contributed by atoms with Gasteiger partial charge >= 0.3 is 0 Å². The molecule has 0 amide bonds. The minimum Gasteiger partial charge on any atom is -0.456 e. The van der Waals surface area contributed by atoms with Crippen molar-refractivity contribution in [2.75, 3.05) is 4.90 Å². The summed E-state index contributed by atoms with van der Waals surface area (Å²) in [6, 6.07) is 74.0. The standard InChI is InChI=1S/C54H35N3O/c1-2-12-42(13-3-1)57-49-16-8-6-15-47(49)53-50(57)30-23-39-32-33-55(54(39)53)41-24-18-37(19-25-41)38-20-26-43(27-21-38)56(44-28-22-36-10-4-5-11-40(36)34-44)45-29-31-52-48(35-45)46-14-7-9-17-51(46)58-52/h1-35H. The van der Waals surface area contributed by atoms with Gasteiger partial charge in [0, 0.05) is 61.6 Å². The molecule has 3 heterocycles. The van der Waals surface area contributed by atoms with Crippen LogP contribution in [0.1, 0.15) is 0 Å². The van der Waals surface area contributed by atoms with Gasteiger partial charge in [-0.05, 0) is 113 Å². The third-order valence-electron chi connectivity index (χ3n) is 11.7. The van der Waals surface area contributed by atoms with E-state index in [0.29, 0.717) is 0 Å². The maximum absolute atomic E-state index is 6.21. The summed E-state index contributed by atoms with van der Waals surface area (Å²) in [4.78, 5) is 2.34. The van der Waals surface area contributed by atoms with Crippen LogP contribution in [-0.2, 0) is 0 Å². The highest BCUT2D eigenvalue weighted by atomic mass is 16.3. The Bertz CT molecular complexity index is 3500. The van der Waals surface area contributed by atoms with Crippen LogP contribution in [0.5, 0.6) is 0 Å². The lowest BCUT2D eigenvalue weighted by atomic mass is 10.0. The summed E-state index contributed by atoms with van der Waals surface area (Å²) in [5.74, 6) is 0. The van der Waals surface area contributed by atoms with Crippen molar-refractivity contribution in [2.45, 2.75) is 0 Å². The zero-order valence-corrected chi connectivity index (χ0v) is 31.5. The molecule has 0 fully saturated rings. The number of benzene rings is 9. The van der Waals surface area contributed by atoms with Crippen LogP contribution < -0.4 is 4.90 Å². The second-order valence-corrected chi connectivity index (χ2v) is 15.0. The highest BCUT2D eigenvalue weighted by Crippen LogP contribution is 2.41. The Labute approximate surface area is 334 Å². The molecular weight excluding hydrogens is 707 g/mol. The Morgan fingerprint density at radius 2 is 1.02 bits per heavy atom. The summed E-state index contributed by atoms with van der Waals surface area (Å²) in [6.45, 7) is 0. The van der Waals surface area contributed by atoms with E-state index in [0.717, 1.165) is 55.9 Å². The number of hydrogen-bond donors (Lipinski definition) is 0. The average Bonchev–Trinajstić information content (AvgIpc) is 3.99. The minimum atomic E-state index is 0.887. The van der Waals surface area contributed by atoms with Gasteiger partial charge in [0.05, 0.1) is 16.6 Å². The molecule has 0 N–H and O–H groups in total. The second kappa shape index (κ2) is 12.9. The molecule has 0 bridgehead atoms. The van der Waals surface area contributed by atoms with E-state index < -0.39 is 0 Å². The summed E-state index contributed by atoms with van der Waals surface area (Å²) in [7, 11) is 0. The highest BCUT2D eigenvalue weighted by Gasteiger charge is 2.19. The first-order chi connectivity index (χ1) is 28.7. The zero-order chi connectivity index (χ0) is 38.2. The predicted molar refractivity (Wildman–Crippen MR) is 243 cm³/mol. The van der Waals surface area contributed by atoms with Gasteiger partial charge in [-0.1, -0.05) is 115 Å². The molecule has 12 rings (SSSR count). The Kier molecular flexibility index (Phi) is 7.20. The van der Waals surface area contributed by atoms with Crippen LogP contribution in [0.2, 0.25) is 0 Å². The normalized spacial score (nSPS) is 11.8. The van der Waals surface area contributed by atoms with E-state index in [1.165, 1.54) is 49.0 Å². The van der Waals surface area contributed by atoms with Crippen LogP contribution in [0.25, 0.3) is 87.9 Å². The van der Waals surface area contributed by atoms with Crippen LogP contribution in [0.3, 0.4) is 0 Å². The van der Waals surface area contributed by atoms with Gasteiger partial charge in [-0.25, -0.2) is 0 Å². The number of fused-ring (bicyclic) bond motifs is 9. The van der Waals surface area contributed by atoms with Crippen molar-refractivity contribution in [3.63, 3.8) is 0 Å². The number of anilines is 3. The van der Waals surface area contributed by atoms with Gasteiger partial charge in [0.25, 0.3) is 0 Å². The molecular formula is C54H35N3O. The fourth-order valence-corrected chi connectivity index (χ4v) is 8.99. The first-order valence-corrected chi connectivity index (χ1v) is 19.7. The third-order valence-corrected chi connectivity index (χ3v) is 11.7. The molecule has 0 saturated heterocycles. The summed E-state index contributed by atoms with van der Waals surface area (Å²) in [5, 5.41) is 8.38. The number of furan rings is 1. The molecule has 0 atom stereocenters. The van der Waals surface area contributed by atoms with Gasteiger partial charge < -0.3 is 18.5 Å². The molecule has 3 aromatic heterocycles. The molecule has 272 valence electrons. The second-order valence-electron chi connectivity index (χ2n) is 15.0. The van der Waals surface area contributed by atoms with Crippen LogP contribution >= 0.6 is 0 Å². The van der Waals surface area contributed by atoms with Gasteiger partial charge in [0.2, 0.25) is 0 Å². The maximum atomic E-state index is 6.21. The van der Waals surface area contributed by atoms with Crippen LogP contribution in [0, 0.1) is 0 Å². The summed E-state index contributed by atoms with van der Waals surface area (Å²) in [5.41, 5.74) is 13.3. The average molecular weight is 742 g/mol. The summed E-state index contributed by atoms with van der Waals surface area (Å²) in [6.07, 6.45) is 2.20. The van der Waals surface area contributed by atoms with E-state index in [9.17, 15) is 0 Å². The number of nitrogens with zero attached hydrogens (tertiary/aromatic N) is 3. The quantitative estimate of drug-likeness (QED) is 0.170. The van der Waals surface area contributed by atoms with Crippen LogP contribution in [-0.4, -0.2) is 9.13 Å². The van der Waals surface area contributed by atoms with Gasteiger partial charge in [0.15, 0.2) is 0 Å². The lowest BCUT2D eigenvalue weighted by Crippen LogP contribution is -2.09. The van der Waals surface area contributed by atoms with Gasteiger partial charge in [-0.3, -0.25) is 0 Å². The first-order valence-electron chi connectivity index (χ1n) is 19.7. The molecule has 12 aromatic rings. The predicted octanol–water partition coefficient (Wildman–Crippen LogP) is 14.9. The largest absolute Gasteiger partial charge is 0.456 e. The number of aromatic nitrogens is 2. The third kappa shape index (κ3) is 5.09. The molecule has 0 aliphatic carbocycles. The lowest BCUT2D eigenvalue weighted by Gasteiger charge is -2.26. The Hall–Kier alpha value is -7.82. The minimum absolute atomic E-state index is 0.887. The lowest BCUT2D eigenvalue weighted by molar-refractivity contribution is 0.669. The smallest absolute Gasteiger partial charge is 0.135 e. The molecule has 0 unspecified atom stereocenters. The van der Waals surface area contributed by atoms with E-state index in [1.807, 2.05) is 12.1 Å². The van der Waals surface area contributed by atoms with Crippen molar-refractivity contribution in [1.82, 2.24) is 9.13 Å². The monoisotopic (exact) mass is 741 g/mol. The van der Waals surface area contributed by atoms with Gasteiger partial charge in [-0.2, -0.15) is 0 Å². The summed E-state index contributed by atoms with van der Waals surface area (Å²) < 4.78 is 10.9. The summed E-state index contributed by atoms with van der Waals surface area (Å²) >= 11 is 0. The first kappa shape index (κ1) is 32.4. The Morgan fingerprint density at radius 3 is 1.86 bits per heavy atom. The molecule has 0 aliphatic rings. The Balaban J connectivity index is 0.930. The van der Waals surface area contributed by atoms with Crippen molar-refractivity contribution in [1.29, 1.82) is 0 Å². The van der Waals surface area contributed by atoms with E-state index in [4.69, 9.17) is 4.42 Å². The molecule has 9 aromatic carbocycles. The SMILES string of the molecule is c1ccc(-n2c3ccccc3c3c4c(ccc32)ccn4-c2ccc(-c3ccc(N(c4ccc5ccccc5c4)c4ccc5oc6ccccc6c5c4)cc3)cc2)cc1. The van der Waals surface area contributed by atoms with E-state index >= 15 is 0 Å². The maximum Gasteiger partial charge on any atom is 0.135 e. The van der Waals surface area contributed by atoms with Gasteiger partial charge in [-0.15, -0.1) is 0 Å². The van der Waals surface area contributed by atoms with E-state index in [1.54, 1.807) is 0 Å². The molecule has 4 heteroatoms. The molecule has 0 spiro atoms. The van der Waals surface area contributed by atoms with Crippen molar-refractivity contribution in [3.05, 3.63) is 212 Å². The molecule has 4 nitrogen and oxygen atoms in total. The number of hydrogen-bond acceptors (Lipinski definition) is 2. The fourth-order valence-electron chi connectivity index (χ4n) is 8.99. The number of rotatable bonds is 6. The van der Waals surface area contributed by atoms with Gasteiger partial charge in [0.1, 0.15) is 11.2 Å². The topological polar surface area (TPSA) is 26.2 Å². The fraction of sp³-hybridized carbons (Fsp3) is 0. The molecule has 0 saturated carbocycles. The van der Waals surface area contributed by atoms with Crippen LogP contribution in [0.4, 0.5) is 17.1 Å². The molecule has 0 aliphatic heterocycles. The van der Waals surface area contributed by atoms with Crippen molar-refractivity contribution in [2.24, 2.45) is 0 Å².